The van der Waals surface area contributed by atoms with Crippen LogP contribution in [0.4, 0.5) is 0 Å². The summed E-state index contributed by atoms with van der Waals surface area (Å²) < 4.78 is 0. The van der Waals surface area contributed by atoms with E-state index in [0.29, 0.717) is 11.1 Å². The van der Waals surface area contributed by atoms with E-state index in [1.54, 1.807) is 12.1 Å². The highest BCUT2D eigenvalue weighted by atomic mass is 16.3. The number of benzene rings is 4. The zero-order chi connectivity index (χ0) is 29.2. The Hall–Kier alpha value is -4.18. The molecule has 0 saturated heterocycles. The molecule has 0 aliphatic carbocycles. The maximum atomic E-state index is 11.4. The fraction of sp³-hybridized carbons (Fsp3) is 0.278. The molecule has 0 fully saturated rings. The number of rotatable bonds is 7. The minimum atomic E-state index is -0.602. The van der Waals surface area contributed by atoms with Gasteiger partial charge in [0.1, 0.15) is 11.5 Å². The predicted octanol–water partition coefficient (Wildman–Crippen LogP) is 8.70. The first-order valence-corrected chi connectivity index (χ1v) is 13.7. The molecule has 0 bridgehead atoms. The van der Waals surface area contributed by atoms with Crippen LogP contribution in [0.25, 0.3) is 0 Å². The van der Waals surface area contributed by atoms with Gasteiger partial charge in [0, 0.05) is 23.0 Å². The van der Waals surface area contributed by atoms with Gasteiger partial charge >= 0.3 is 0 Å². The maximum Gasteiger partial charge on any atom is 0.128 e. The van der Waals surface area contributed by atoms with Crippen molar-refractivity contribution in [3.63, 3.8) is 0 Å². The first-order chi connectivity index (χ1) is 18.8. The molecule has 0 radical (unpaired) electrons. The molecule has 0 amide bonds. The smallest absolute Gasteiger partial charge is 0.128 e. The van der Waals surface area contributed by atoms with E-state index in [0.717, 1.165) is 22.3 Å². The average molecular weight is 533 g/mol. The second-order valence-corrected chi connectivity index (χ2v) is 12.5. The van der Waals surface area contributed by atoms with Crippen LogP contribution >= 0.6 is 0 Å². The average Bonchev–Trinajstić information content (AvgIpc) is 2.91. The summed E-state index contributed by atoms with van der Waals surface area (Å²) in [5.41, 5.74) is 3.97. The number of nitrogens with one attached hydrogen (secondary N) is 2. The summed E-state index contributed by atoms with van der Waals surface area (Å²) in [4.78, 5) is 0. The molecule has 206 valence electrons. The van der Waals surface area contributed by atoms with E-state index in [-0.39, 0.29) is 33.8 Å². The molecular weight excluding hydrogens is 492 g/mol. The number of phenols is 2. The summed E-state index contributed by atoms with van der Waals surface area (Å²) in [6.45, 7) is 12.2. The van der Waals surface area contributed by atoms with Gasteiger partial charge in [0.15, 0.2) is 0 Å². The van der Waals surface area contributed by atoms with Crippen molar-refractivity contribution in [3.05, 3.63) is 130 Å². The zero-order valence-corrected chi connectivity index (χ0v) is 24.3. The molecule has 40 heavy (non-hydrogen) atoms. The second kappa shape index (κ2) is 11.1. The van der Waals surface area contributed by atoms with Crippen LogP contribution < -0.4 is 0 Å². The lowest BCUT2D eigenvalue weighted by Crippen LogP contribution is -2.28. The van der Waals surface area contributed by atoms with Gasteiger partial charge in [-0.25, -0.2) is 0 Å². The van der Waals surface area contributed by atoms with E-state index in [1.807, 2.05) is 126 Å². The number of para-hydroxylation sites is 2. The summed E-state index contributed by atoms with van der Waals surface area (Å²) >= 11 is 0. The summed E-state index contributed by atoms with van der Waals surface area (Å²) in [5.74, 6) is -1.02. The second-order valence-electron chi connectivity index (χ2n) is 12.5. The topological polar surface area (TPSA) is 88.2 Å². The van der Waals surface area contributed by atoms with Crippen LogP contribution in [0.1, 0.15) is 86.8 Å². The standard InChI is InChI=1S/C36H40N2O2/c1-35(2,3)27-21-13-19-25(33(27)39)31(37)29(23-15-9-7-10-16-23)30(24-17-11-8-12-18-24)32(38)26-20-14-22-28(34(26)40)36(4,5)6/h7-22,29-30,37-40H,1-6H3/t29-,30-/m0/s1. The normalized spacial score (nSPS) is 13.4. The lowest BCUT2D eigenvalue weighted by Gasteiger charge is -2.32. The van der Waals surface area contributed by atoms with Crippen molar-refractivity contribution in [2.45, 2.75) is 64.2 Å². The molecule has 4 aromatic carbocycles. The van der Waals surface area contributed by atoms with Gasteiger partial charge in [0.2, 0.25) is 0 Å². The summed E-state index contributed by atoms with van der Waals surface area (Å²) in [6.07, 6.45) is 0. The predicted molar refractivity (Wildman–Crippen MR) is 166 cm³/mol. The van der Waals surface area contributed by atoms with Crippen molar-refractivity contribution in [1.29, 1.82) is 10.8 Å². The molecule has 0 saturated carbocycles. The van der Waals surface area contributed by atoms with Crippen LogP contribution in [-0.4, -0.2) is 21.6 Å². The van der Waals surface area contributed by atoms with Crippen LogP contribution in [0.5, 0.6) is 11.5 Å². The largest absolute Gasteiger partial charge is 0.507 e. The quantitative estimate of drug-likeness (QED) is 0.179. The minimum Gasteiger partial charge on any atom is -0.507 e. The van der Waals surface area contributed by atoms with Crippen LogP contribution in [0, 0.1) is 10.8 Å². The molecule has 0 heterocycles. The van der Waals surface area contributed by atoms with E-state index in [9.17, 15) is 21.0 Å². The Kier molecular flexibility index (Phi) is 8.02. The van der Waals surface area contributed by atoms with E-state index in [1.165, 1.54) is 0 Å². The van der Waals surface area contributed by atoms with Gasteiger partial charge < -0.3 is 21.0 Å². The zero-order valence-electron chi connectivity index (χ0n) is 24.3. The maximum absolute atomic E-state index is 11.4. The Morgan fingerprint density at radius 2 is 0.825 bits per heavy atom. The summed E-state index contributed by atoms with van der Waals surface area (Å²) in [5, 5.41) is 42.0. The van der Waals surface area contributed by atoms with Gasteiger partial charge in [0.25, 0.3) is 0 Å². The van der Waals surface area contributed by atoms with Crippen molar-refractivity contribution in [1.82, 2.24) is 0 Å². The number of hydrogen-bond donors (Lipinski definition) is 4. The Morgan fingerprint density at radius 3 is 1.12 bits per heavy atom. The highest BCUT2D eigenvalue weighted by molar-refractivity contribution is 6.13. The van der Waals surface area contributed by atoms with Gasteiger partial charge in [-0.3, -0.25) is 0 Å². The fourth-order valence-corrected chi connectivity index (χ4v) is 5.44. The highest BCUT2D eigenvalue weighted by Gasteiger charge is 2.36. The van der Waals surface area contributed by atoms with Crippen molar-refractivity contribution >= 4 is 11.4 Å². The molecule has 0 unspecified atom stereocenters. The van der Waals surface area contributed by atoms with Gasteiger partial charge in [-0.15, -0.1) is 0 Å². The lowest BCUT2D eigenvalue weighted by atomic mass is 9.71. The molecule has 4 aromatic rings. The number of phenolic OH excluding ortho intramolecular Hbond substituents is 2. The summed E-state index contributed by atoms with van der Waals surface area (Å²) in [7, 11) is 0. The molecule has 4 heteroatoms. The van der Waals surface area contributed by atoms with E-state index in [2.05, 4.69) is 0 Å². The summed E-state index contributed by atoms with van der Waals surface area (Å²) in [6, 6.07) is 30.6. The molecular formula is C36H40N2O2. The molecule has 0 aromatic heterocycles. The van der Waals surface area contributed by atoms with Gasteiger partial charge in [0.05, 0.1) is 11.4 Å². The van der Waals surface area contributed by atoms with Gasteiger partial charge in [-0.2, -0.15) is 0 Å². The Morgan fingerprint density at radius 1 is 0.500 bits per heavy atom. The molecule has 2 atom stereocenters. The first kappa shape index (κ1) is 28.8. The van der Waals surface area contributed by atoms with Crippen LogP contribution in [0.2, 0.25) is 0 Å². The first-order valence-electron chi connectivity index (χ1n) is 13.7. The van der Waals surface area contributed by atoms with Gasteiger partial charge in [-0.1, -0.05) is 126 Å². The third-order valence-electron chi connectivity index (χ3n) is 7.54. The molecule has 0 spiro atoms. The molecule has 0 aliphatic rings. The SMILES string of the molecule is CC(C)(C)c1cccc(C(=N)[C@@H](c2ccccc2)[C@@H](C(=N)c2cccc(C(C)(C)C)c2O)c2ccccc2)c1O. The Labute approximate surface area is 238 Å². The number of aromatic hydroxyl groups is 2. The molecule has 4 nitrogen and oxygen atoms in total. The third kappa shape index (κ3) is 5.72. The van der Waals surface area contributed by atoms with E-state index < -0.39 is 11.8 Å². The van der Waals surface area contributed by atoms with Crippen molar-refractivity contribution in [2.75, 3.05) is 0 Å². The van der Waals surface area contributed by atoms with E-state index >= 15 is 0 Å². The van der Waals surface area contributed by atoms with Crippen LogP contribution in [0.3, 0.4) is 0 Å². The van der Waals surface area contributed by atoms with Gasteiger partial charge in [-0.05, 0) is 45.2 Å². The molecule has 4 N–H and O–H groups in total. The lowest BCUT2D eigenvalue weighted by molar-refractivity contribution is 0.444. The Bertz CT molecular complexity index is 1390. The van der Waals surface area contributed by atoms with Crippen molar-refractivity contribution in [3.8, 4) is 11.5 Å². The Balaban J connectivity index is 1.97. The van der Waals surface area contributed by atoms with Crippen molar-refractivity contribution in [2.24, 2.45) is 0 Å². The molecule has 4 rings (SSSR count). The third-order valence-corrected chi connectivity index (χ3v) is 7.54. The fourth-order valence-electron chi connectivity index (χ4n) is 5.44. The van der Waals surface area contributed by atoms with E-state index in [4.69, 9.17) is 0 Å². The molecule has 0 aliphatic heterocycles. The van der Waals surface area contributed by atoms with Crippen molar-refractivity contribution < 1.29 is 10.2 Å². The highest BCUT2D eigenvalue weighted by Crippen LogP contribution is 2.43. The minimum absolute atomic E-state index is 0.0943. The van der Waals surface area contributed by atoms with Crippen LogP contribution in [-0.2, 0) is 10.8 Å². The van der Waals surface area contributed by atoms with Crippen LogP contribution in [0.15, 0.2) is 97.1 Å². The number of hydrogen-bond acceptors (Lipinski definition) is 4. The monoisotopic (exact) mass is 532 g/mol.